The number of aromatic nitrogens is 2. The van der Waals surface area contributed by atoms with Gasteiger partial charge in [-0.3, -0.25) is 9.97 Å². The van der Waals surface area contributed by atoms with Gasteiger partial charge in [-0.25, -0.2) is 0 Å². The van der Waals surface area contributed by atoms with Crippen LogP contribution in [0.25, 0.3) is 0 Å². The molecule has 1 fully saturated rings. The van der Waals surface area contributed by atoms with Gasteiger partial charge in [0.05, 0.1) is 11.8 Å². The van der Waals surface area contributed by atoms with Crippen LogP contribution < -0.4 is 5.32 Å². The van der Waals surface area contributed by atoms with E-state index in [0.717, 1.165) is 18.8 Å². The minimum absolute atomic E-state index is 0.239. The van der Waals surface area contributed by atoms with Gasteiger partial charge in [0.2, 0.25) is 0 Å². The summed E-state index contributed by atoms with van der Waals surface area (Å²) in [5, 5.41) is 3.41. The maximum Gasteiger partial charge on any atom is 0.0753 e. The molecular weight excluding hydrogens is 190 g/mol. The van der Waals surface area contributed by atoms with Crippen molar-refractivity contribution in [2.24, 2.45) is 0 Å². The molecule has 4 heteroatoms. The van der Waals surface area contributed by atoms with Gasteiger partial charge in [0.1, 0.15) is 0 Å². The monoisotopic (exact) mass is 207 g/mol. The smallest absolute Gasteiger partial charge is 0.0753 e. The zero-order valence-electron chi connectivity index (χ0n) is 9.02. The molecular formula is C11H17N3O. The third kappa shape index (κ3) is 2.97. The van der Waals surface area contributed by atoms with Crippen LogP contribution in [0.2, 0.25) is 0 Å². The predicted molar refractivity (Wildman–Crippen MR) is 57.4 cm³/mol. The summed E-state index contributed by atoms with van der Waals surface area (Å²) in [6.07, 6.45) is 7.94. The molecule has 0 bridgehead atoms. The molecule has 0 saturated carbocycles. The fourth-order valence-electron chi connectivity index (χ4n) is 1.75. The molecule has 4 nitrogen and oxygen atoms in total. The number of rotatable bonds is 4. The Hall–Kier alpha value is -1.00. The van der Waals surface area contributed by atoms with Crippen molar-refractivity contribution in [3.05, 3.63) is 24.3 Å². The first-order chi connectivity index (χ1) is 7.36. The lowest BCUT2D eigenvalue weighted by Crippen LogP contribution is -2.29. The van der Waals surface area contributed by atoms with E-state index >= 15 is 0 Å². The summed E-state index contributed by atoms with van der Waals surface area (Å²) in [5.74, 6) is 0. The molecule has 2 rings (SSSR count). The number of hydrogen-bond acceptors (Lipinski definition) is 4. The maximum atomic E-state index is 5.54. The largest absolute Gasteiger partial charge is 0.377 e. The molecule has 1 saturated heterocycles. The fraction of sp³-hybridized carbons (Fsp3) is 0.636. The molecule has 82 valence electrons. The summed E-state index contributed by atoms with van der Waals surface area (Å²) in [6.45, 7) is 3.91. The van der Waals surface area contributed by atoms with Crippen molar-refractivity contribution in [1.82, 2.24) is 15.3 Å². The average molecular weight is 207 g/mol. The first-order valence-electron chi connectivity index (χ1n) is 5.47. The lowest BCUT2D eigenvalue weighted by atomic mass is 10.2. The van der Waals surface area contributed by atoms with Gasteiger partial charge in [0.25, 0.3) is 0 Å². The molecule has 2 heterocycles. The van der Waals surface area contributed by atoms with E-state index in [0.29, 0.717) is 6.10 Å². The highest BCUT2D eigenvalue weighted by atomic mass is 16.5. The normalized spacial score (nSPS) is 22.9. The van der Waals surface area contributed by atoms with E-state index < -0.39 is 0 Å². The number of nitrogens with zero attached hydrogens (tertiary/aromatic N) is 2. The van der Waals surface area contributed by atoms with Gasteiger partial charge in [-0.1, -0.05) is 0 Å². The third-order valence-electron chi connectivity index (χ3n) is 2.70. The van der Waals surface area contributed by atoms with E-state index in [1.807, 2.05) is 0 Å². The second kappa shape index (κ2) is 5.19. The molecule has 0 radical (unpaired) electrons. The van der Waals surface area contributed by atoms with Crippen LogP contribution in [0, 0.1) is 0 Å². The Balaban J connectivity index is 1.79. The van der Waals surface area contributed by atoms with Crippen LogP contribution in [0.5, 0.6) is 0 Å². The molecule has 1 aliphatic rings. The molecule has 0 aliphatic carbocycles. The lowest BCUT2D eigenvalue weighted by molar-refractivity contribution is 0.108. The minimum Gasteiger partial charge on any atom is -0.377 e. The Morgan fingerprint density at radius 3 is 3.20 bits per heavy atom. The van der Waals surface area contributed by atoms with Gasteiger partial charge in [0, 0.05) is 37.8 Å². The molecule has 15 heavy (non-hydrogen) atoms. The Kier molecular flexibility index (Phi) is 3.64. The van der Waals surface area contributed by atoms with Crippen LogP contribution in [-0.2, 0) is 4.74 Å². The summed E-state index contributed by atoms with van der Waals surface area (Å²) in [6, 6.07) is 0.239. The Morgan fingerprint density at radius 1 is 1.60 bits per heavy atom. The summed E-state index contributed by atoms with van der Waals surface area (Å²) < 4.78 is 5.54. The summed E-state index contributed by atoms with van der Waals surface area (Å²) in [7, 11) is 0. The van der Waals surface area contributed by atoms with Gasteiger partial charge in [-0.15, -0.1) is 0 Å². The van der Waals surface area contributed by atoms with E-state index in [2.05, 4.69) is 22.2 Å². The predicted octanol–water partition coefficient (Wildman–Crippen LogP) is 1.31. The van der Waals surface area contributed by atoms with Crippen LogP contribution >= 0.6 is 0 Å². The first-order valence-corrected chi connectivity index (χ1v) is 5.47. The van der Waals surface area contributed by atoms with Crippen molar-refractivity contribution in [1.29, 1.82) is 0 Å². The van der Waals surface area contributed by atoms with E-state index in [4.69, 9.17) is 4.74 Å². The van der Waals surface area contributed by atoms with Gasteiger partial charge >= 0.3 is 0 Å². The van der Waals surface area contributed by atoms with Crippen LogP contribution in [0.15, 0.2) is 18.6 Å². The van der Waals surface area contributed by atoms with Crippen molar-refractivity contribution in [2.75, 3.05) is 13.2 Å². The fourth-order valence-corrected chi connectivity index (χ4v) is 1.75. The SMILES string of the molecule is CC(NCC1CCCO1)c1cnccn1. The van der Waals surface area contributed by atoms with Crippen molar-refractivity contribution in [3.63, 3.8) is 0 Å². The minimum atomic E-state index is 0.239. The number of nitrogens with one attached hydrogen (secondary N) is 1. The quantitative estimate of drug-likeness (QED) is 0.808. The average Bonchev–Trinajstić information content (AvgIpc) is 2.80. The van der Waals surface area contributed by atoms with E-state index in [1.54, 1.807) is 18.6 Å². The zero-order chi connectivity index (χ0) is 10.5. The molecule has 2 unspecified atom stereocenters. The van der Waals surface area contributed by atoms with Crippen molar-refractivity contribution in [2.45, 2.75) is 31.9 Å². The molecule has 2 atom stereocenters. The molecule has 1 aromatic rings. The van der Waals surface area contributed by atoms with E-state index in [1.165, 1.54) is 12.8 Å². The molecule has 0 spiro atoms. The van der Waals surface area contributed by atoms with E-state index in [-0.39, 0.29) is 6.04 Å². The highest BCUT2D eigenvalue weighted by Crippen LogP contribution is 2.13. The Bertz CT molecular complexity index is 285. The highest BCUT2D eigenvalue weighted by Gasteiger charge is 2.16. The lowest BCUT2D eigenvalue weighted by Gasteiger charge is -2.15. The molecule has 1 N–H and O–H groups in total. The van der Waals surface area contributed by atoms with Crippen LogP contribution in [0.1, 0.15) is 31.5 Å². The Labute approximate surface area is 90.1 Å². The standard InChI is InChI=1S/C11H17N3O/c1-9(11-8-12-4-5-13-11)14-7-10-3-2-6-15-10/h4-5,8-10,14H,2-3,6-7H2,1H3. The second-order valence-corrected chi connectivity index (χ2v) is 3.90. The molecule has 0 aromatic carbocycles. The molecule has 1 aromatic heterocycles. The van der Waals surface area contributed by atoms with Gasteiger partial charge in [0.15, 0.2) is 0 Å². The van der Waals surface area contributed by atoms with Crippen LogP contribution in [0.3, 0.4) is 0 Å². The van der Waals surface area contributed by atoms with Crippen molar-refractivity contribution >= 4 is 0 Å². The summed E-state index contributed by atoms with van der Waals surface area (Å²) >= 11 is 0. The van der Waals surface area contributed by atoms with Gasteiger partial charge in [-0.2, -0.15) is 0 Å². The molecule has 0 amide bonds. The third-order valence-corrected chi connectivity index (χ3v) is 2.70. The van der Waals surface area contributed by atoms with Gasteiger partial charge in [-0.05, 0) is 19.8 Å². The second-order valence-electron chi connectivity index (χ2n) is 3.90. The highest BCUT2D eigenvalue weighted by molar-refractivity contribution is 5.00. The zero-order valence-corrected chi connectivity index (χ0v) is 9.02. The van der Waals surface area contributed by atoms with Crippen LogP contribution in [0.4, 0.5) is 0 Å². The van der Waals surface area contributed by atoms with E-state index in [9.17, 15) is 0 Å². The summed E-state index contributed by atoms with van der Waals surface area (Å²) in [4.78, 5) is 8.31. The number of hydrogen-bond donors (Lipinski definition) is 1. The maximum absolute atomic E-state index is 5.54. The summed E-state index contributed by atoms with van der Waals surface area (Å²) in [5.41, 5.74) is 0.982. The number of ether oxygens (including phenoxy) is 1. The Morgan fingerprint density at radius 2 is 2.53 bits per heavy atom. The van der Waals surface area contributed by atoms with Crippen molar-refractivity contribution in [3.8, 4) is 0 Å². The van der Waals surface area contributed by atoms with Crippen molar-refractivity contribution < 1.29 is 4.74 Å². The topological polar surface area (TPSA) is 47.0 Å². The van der Waals surface area contributed by atoms with Gasteiger partial charge < -0.3 is 10.1 Å². The first kappa shape index (κ1) is 10.5. The molecule has 1 aliphatic heterocycles. The van der Waals surface area contributed by atoms with Crippen LogP contribution in [-0.4, -0.2) is 29.2 Å².